The number of benzene rings is 1. The highest BCUT2D eigenvalue weighted by Gasteiger charge is 2.70. The summed E-state index contributed by atoms with van der Waals surface area (Å²) in [4.78, 5) is 11.7. The van der Waals surface area contributed by atoms with Crippen molar-refractivity contribution in [3.05, 3.63) is 29.8 Å². The molecule has 0 aromatic heterocycles. The van der Waals surface area contributed by atoms with Gasteiger partial charge in [0.05, 0.1) is 0 Å². The topological polar surface area (TPSA) is 38.3 Å². The Balaban J connectivity index is 2.09. The summed E-state index contributed by atoms with van der Waals surface area (Å²) < 4.78 is 82.9. The molecule has 0 bridgehead atoms. The van der Waals surface area contributed by atoms with Gasteiger partial charge in [0.15, 0.2) is 0 Å². The van der Waals surface area contributed by atoms with Crippen molar-refractivity contribution in [1.29, 1.82) is 0 Å². The minimum Gasteiger partial charge on any atom is -0.410 e. The van der Waals surface area contributed by atoms with Crippen LogP contribution in [0.4, 0.5) is 31.1 Å². The van der Waals surface area contributed by atoms with Crippen molar-refractivity contribution in [3.8, 4) is 5.75 Å². The molecule has 1 aromatic rings. The lowest BCUT2D eigenvalue weighted by molar-refractivity contribution is -0.305. The van der Waals surface area contributed by atoms with Crippen LogP contribution in [0.25, 0.3) is 0 Å². The zero-order chi connectivity index (χ0) is 20.3. The molecule has 3 nitrogen and oxygen atoms in total. The highest BCUT2D eigenvalue weighted by atomic mass is 19.4. The summed E-state index contributed by atoms with van der Waals surface area (Å²) in [6.07, 6.45) is -9.21. The summed E-state index contributed by atoms with van der Waals surface area (Å²) in [6, 6.07) is 6.11. The van der Waals surface area contributed by atoms with Gasteiger partial charge in [0, 0.05) is 0 Å². The SMILES string of the molecule is CCC(NC(=O)Oc1ccc(C2CCCCC2)cc1)(C(F)(F)F)C(F)(F)F. The fraction of sp³-hybridized carbons (Fsp3) is 0.611. The number of ether oxygens (including phenoxy) is 1. The van der Waals surface area contributed by atoms with Crippen LogP contribution >= 0.6 is 0 Å². The van der Waals surface area contributed by atoms with Gasteiger partial charge in [0.25, 0.3) is 0 Å². The van der Waals surface area contributed by atoms with E-state index in [0.29, 0.717) is 12.8 Å². The number of hydrogen-bond acceptors (Lipinski definition) is 2. The van der Waals surface area contributed by atoms with Crippen molar-refractivity contribution in [1.82, 2.24) is 5.32 Å². The smallest absolute Gasteiger partial charge is 0.410 e. The van der Waals surface area contributed by atoms with Crippen LogP contribution in [-0.2, 0) is 0 Å². The van der Waals surface area contributed by atoms with Crippen molar-refractivity contribution in [3.63, 3.8) is 0 Å². The number of hydrogen-bond donors (Lipinski definition) is 1. The molecule has 1 aromatic carbocycles. The molecule has 0 unspecified atom stereocenters. The van der Waals surface area contributed by atoms with Crippen molar-refractivity contribution in [2.45, 2.75) is 69.3 Å². The number of nitrogens with one attached hydrogen (secondary N) is 1. The van der Waals surface area contributed by atoms with Crippen LogP contribution in [0.5, 0.6) is 5.75 Å². The Bertz CT molecular complexity index is 619. The molecule has 1 amide bonds. The van der Waals surface area contributed by atoms with E-state index >= 15 is 0 Å². The van der Waals surface area contributed by atoms with Crippen LogP contribution in [0.15, 0.2) is 24.3 Å². The third-order valence-electron chi connectivity index (χ3n) is 4.98. The van der Waals surface area contributed by atoms with E-state index in [2.05, 4.69) is 4.74 Å². The highest BCUT2D eigenvalue weighted by Crippen LogP contribution is 2.45. The van der Waals surface area contributed by atoms with Crippen molar-refractivity contribution < 1.29 is 35.9 Å². The molecule has 0 atom stereocenters. The summed E-state index contributed by atoms with van der Waals surface area (Å²) in [5.74, 6) is 0.242. The maximum atomic E-state index is 13.0. The largest absolute Gasteiger partial charge is 0.420 e. The van der Waals surface area contributed by atoms with E-state index in [4.69, 9.17) is 0 Å². The van der Waals surface area contributed by atoms with Crippen LogP contribution < -0.4 is 10.1 Å². The minimum atomic E-state index is -5.72. The van der Waals surface area contributed by atoms with Gasteiger partial charge in [-0.05, 0) is 42.9 Å². The van der Waals surface area contributed by atoms with Gasteiger partial charge in [-0.25, -0.2) is 4.79 Å². The van der Waals surface area contributed by atoms with Gasteiger partial charge in [-0.15, -0.1) is 0 Å². The summed E-state index contributed by atoms with van der Waals surface area (Å²) in [5, 5.41) is 0.975. The van der Waals surface area contributed by atoms with Gasteiger partial charge in [-0.2, -0.15) is 26.3 Å². The van der Waals surface area contributed by atoms with E-state index in [9.17, 15) is 31.1 Å². The monoisotopic (exact) mass is 397 g/mol. The predicted octanol–water partition coefficient (Wildman–Crippen LogP) is 6.10. The number of halogens is 6. The highest BCUT2D eigenvalue weighted by molar-refractivity contribution is 5.71. The second-order valence-corrected chi connectivity index (χ2v) is 6.67. The first kappa shape index (κ1) is 21.4. The molecule has 27 heavy (non-hydrogen) atoms. The Morgan fingerprint density at radius 1 is 1.00 bits per heavy atom. The van der Waals surface area contributed by atoms with E-state index in [1.54, 1.807) is 12.1 Å². The van der Waals surface area contributed by atoms with Crippen molar-refractivity contribution in [2.75, 3.05) is 0 Å². The molecular weight excluding hydrogens is 376 g/mol. The molecule has 1 saturated carbocycles. The molecule has 0 heterocycles. The molecule has 0 aliphatic heterocycles. The number of carbonyl (C=O) groups excluding carboxylic acids is 1. The van der Waals surface area contributed by atoms with E-state index < -0.39 is 30.4 Å². The molecule has 1 aliphatic rings. The third-order valence-corrected chi connectivity index (χ3v) is 4.98. The summed E-state index contributed by atoms with van der Waals surface area (Å²) in [5.41, 5.74) is -3.35. The lowest BCUT2D eigenvalue weighted by Gasteiger charge is -2.36. The molecule has 1 N–H and O–H groups in total. The first-order valence-electron chi connectivity index (χ1n) is 8.73. The van der Waals surface area contributed by atoms with Gasteiger partial charge in [-0.1, -0.05) is 38.3 Å². The normalized spacial score (nSPS) is 16.9. The molecule has 0 radical (unpaired) electrons. The molecule has 0 spiro atoms. The lowest BCUT2D eigenvalue weighted by atomic mass is 9.84. The number of amides is 1. The number of alkyl halides is 6. The standard InChI is InChI=1S/C18H21F6NO2/c1-2-16(17(19,20)21,18(22,23)24)25-15(26)27-14-10-8-13(9-11-14)12-6-4-3-5-7-12/h8-12H,2-7H2,1H3,(H,25,26). The van der Waals surface area contributed by atoms with Gasteiger partial charge in [0.1, 0.15) is 5.75 Å². The first-order valence-corrected chi connectivity index (χ1v) is 8.73. The Hall–Kier alpha value is -1.93. The molecule has 1 aliphatic carbocycles. The zero-order valence-corrected chi connectivity index (χ0v) is 14.7. The molecule has 152 valence electrons. The predicted molar refractivity (Wildman–Crippen MR) is 86.6 cm³/mol. The van der Waals surface area contributed by atoms with Gasteiger partial charge in [-0.3, -0.25) is 5.32 Å². The number of rotatable bonds is 4. The Kier molecular flexibility index (Phi) is 6.32. The number of carbonyl (C=O) groups is 1. The molecule has 1 fully saturated rings. The van der Waals surface area contributed by atoms with Crippen LogP contribution in [0, 0.1) is 0 Å². The molecule has 9 heteroatoms. The Labute approximate surface area is 153 Å². The molecule has 2 rings (SSSR count). The van der Waals surface area contributed by atoms with Crippen molar-refractivity contribution in [2.24, 2.45) is 0 Å². The summed E-state index contributed by atoms with van der Waals surface area (Å²) in [6.45, 7) is 0.695. The first-order chi connectivity index (χ1) is 12.5. The quantitative estimate of drug-likeness (QED) is 0.624. The Morgan fingerprint density at radius 3 is 1.96 bits per heavy atom. The fourth-order valence-corrected chi connectivity index (χ4v) is 3.34. The molecular formula is C18H21F6NO2. The Morgan fingerprint density at radius 2 is 1.52 bits per heavy atom. The van der Waals surface area contributed by atoms with E-state index in [-0.39, 0.29) is 5.75 Å². The average molecular weight is 397 g/mol. The van der Waals surface area contributed by atoms with Crippen LogP contribution in [-0.4, -0.2) is 24.0 Å². The summed E-state index contributed by atoms with van der Waals surface area (Å²) >= 11 is 0. The van der Waals surface area contributed by atoms with E-state index in [1.165, 1.54) is 18.6 Å². The minimum absolute atomic E-state index is 0.124. The van der Waals surface area contributed by atoms with Crippen LogP contribution in [0.2, 0.25) is 0 Å². The van der Waals surface area contributed by atoms with E-state index in [1.807, 2.05) is 0 Å². The van der Waals surface area contributed by atoms with Gasteiger partial charge in [0.2, 0.25) is 5.54 Å². The fourth-order valence-electron chi connectivity index (χ4n) is 3.34. The van der Waals surface area contributed by atoms with Gasteiger partial charge >= 0.3 is 18.4 Å². The maximum absolute atomic E-state index is 13.0. The summed E-state index contributed by atoms with van der Waals surface area (Å²) in [7, 11) is 0. The van der Waals surface area contributed by atoms with Crippen molar-refractivity contribution >= 4 is 6.09 Å². The lowest BCUT2D eigenvalue weighted by Crippen LogP contribution is -2.67. The zero-order valence-electron chi connectivity index (χ0n) is 14.7. The van der Waals surface area contributed by atoms with Crippen LogP contribution in [0.1, 0.15) is 56.9 Å². The van der Waals surface area contributed by atoms with Gasteiger partial charge < -0.3 is 4.74 Å². The third kappa shape index (κ3) is 4.68. The van der Waals surface area contributed by atoms with Crippen LogP contribution in [0.3, 0.4) is 0 Å². The van der Waals surface area contributed by atoms with E-state index in [0.717, 1.165) is 36.6 Å². The molecule has 0 saturated heterocycles. The maximum Gasteiger partial charge on any atom is 0.420 e. The average Bonchev–Trinajstić information content (AvgIpc) is 2.59. The second kappa shape index (κ2) is 7.98. The second-order valence-electron chi connectivity index (χ2n) is 6.67.